The first kappa shape index (κ1) is 15.9. The van der Waals surface area contributed by atoms with Crippen LogP contribution in [0.15, 0.2) is 36.7 Å². The molecule has 1 heterocycles. The van der Waals surface area contributed by atoms with Gasteiger partial charge in [0.15, 0.2) is 5.69 Å². The summed E-state index contributed by atoms with van der Waals surface area (Å²) in [7, 11) is 0. The van der Waals surface area contributed by atoms with Gasteiger partial charge >= 0.3 is 5.97 Å². The third-order valence-corrected chi connectivity index (χ3v) is 3.86. The van der Waals surface area contributed by atoms with Gasteiger partial charge in [-0.25, -0.2) is 14.8 Å². The highest BCUT2D eigenvalue weighted by Gasteiger charge is 2.29. The van der Waals surface area contributed by atoms with E-state index in [1.54, 1.807) is 0 Å². The van der Waals surface area contributed by atoms with Crippen molar-refractivity contribution in [2.45, 2.75) is 25.8 Å². The number of nitrogens with zero attached hydrogens (tertiary/aromatic N) is 2. The number of carboxylic acids is 1. The van der Waals surface area contributed by atoms with Gasteiger partial charge in [-0.2, -0.15) is 0 Å². The molecular weight excluding hydrogens is 308 g/mol. The van der Waals surface area contributed by atoms with Crippen LogP contribution in [-0.2, 0) is 4.79 Å². The highest BCUT2D eigenvalue weighted by molar-refractivity contribution is 5.94. The Morgan fingerprint density at radius 1 is 1.17 bits per heavy atom. The van der Waals surface area contributed by atoms with Crippen molar-refractivity contribution < 1.29 is 14.7 Å². The van der Waals surface area contributed by atoms with E-state index in [0.29, 0.717) is 5.82 Å². The number of amides is 1. The van der Waals surface area contributed by atoms with Gasteiger partial charge in [0.1, 0.15) is 5.82 Å². The van der Waals surface area contributed by atoms with Crippen molar-refractivity contribution >= 4 is 23.4 Å². The van der Waals surface area contributed by atoms with Crippen LogP contribution >= 0.6 is 0 Å². The molecular formula is C17H18N4O3. The lowest BCUT2D eigenvalue weighted by atomic mass is 10.1. The largest absolute Gasteiger partial charge is 0.476 e. The second kappa shape index (κ2) is 6.66. The second-order valence-electron chi connectivity index (χ2n) is 5.84. The Kier molecular flexibility index (Phi) is 4.41. The molecule has 0 spiro atoms. The number of carbonyl (C=O) groups excluding carboxylic acids is 1. The van der Waals surface area contributed by atoms with E-state index in [1.807, 2.05) is 31.2 Å². The number of aromatic nitrogens is 2. The molecule has 1 fully saturated rings. The summed E-state index contributed by atoms with van der Waals surface area (Å²) in [6, 6.07) is 7.56. The summed E-state index contributed by atoms with van der Waals surface area (Å²) in [5.41, 5.74) is 1.71. The monoisotopic (exact) mass is 326 g/mol. The van der Waals surface area contributed by atoms with Gasteiger partial charge in [0.25, 0.3) is 0 Å². The van der Waals surface area contributed by atoms with Crippen LogP contribution in [0.2, 0.25) is 0 Å². The Labute approximate surface area is 139 Å². The molecule has 24 heavy (non-hydrogen) atoms. The van der Waals surface area contributed by atoms with Crippen molar-refractivity contribution in [3.63, 3.8) is 0 Å². The van der Waals surface area contributed by atoms with Crippen LogP contribution in [0.5, 0.6) is 0 Å². The summed E-state index contributed by atoms with van der Waals surface area (Å²) in [6.45, 7) is 1.96. The van der Waals surface area contributed by atoms with Gasteiger partial charge in [0, 0.05) is 17.6 Å². The number of nitrogens with one attached hydrogen (secondary N) is 2. The predicted octanol–water partition coefficient (Wildman–Crippen LogP) is 2.70. The molecule has 2 aromatic rings. The number of hydrogen-bond donors (Lipinski definition) is 3. The van der Waals surface area contributed by atoms with Crippen LogP contribution in [0, 0.1) is 5.92 Å². The molecule has 1 aliphatic rings. The Hall–Kier alpha value is -2.96. The minimum Gasteiger partial charge on any atom is -0.476 e. The topological polar surface area (TPSA) is 104 Å². The minimum atomic E-state index is -1.11. The molecule has 0 bridgehead atoms. The zero-order chi connectivity index (χ0) is 17.1. The van der Waals surface area contributed by atoms with Gasteiger partial charge in [-0.15, -0.1) is 0 Å². The van der Waals surface area contributed by atoms with Gasteiger partial charge in [0.05, 0.1) is 12.4 Å². The number of rotatable bonds is 6. The van der Waals surface area contributed by atoms with Crippen LogP contribution in [0.25, 0.3) is 0 Å². The normalized spacial score (nSPS) is 14.7. The Bertz CT molecular complexity index is 739. The standard InChI is InChI=1S/C17H18N4O3/c1-10(20-15-9-18-14(8-19-15)17(23)24)11-4-6-13(7-5-11)21-16(22)12-2-3-12/h4-10,12H,2-3H2,1H3,(H,19,20)(H,21,22)(H,23,24). The van der Waals surface area contributed by atoms with Crippen LogP contribution < -0.4 is 10.6 Å². The molecule has 1 unspecified atom stereocenters. The molecule has 7 nitrogen and oxygen atoms in total. The van der Waals surface area contributed by atoms with E-state index in [-0.39, 0.29) is 23.6 Å². The first-order valence-corrected chi connectivity index (χ1v) is 7.75. The maximum atomic E-state index is 11.7. The van der Waals surface area contributed by atoms with E-state index in [9.17, 15) is 9.59 Å². The summed E-state index contributed by atoms with van der Waals surface area (Å²) in [5, 5.41) is 14.9. The van der Waals surface area contributed by atoms with Crippen LogP contribution in [0.4, 0.5) is 11.5 Å². The lowest BCUT2D eigenvalue weighted by Crippen LogP contribution is -2.13. The maximum absolute atomic E-state index is 11.7. The molecule has 124 valence electrons. The van der Waals surface area contributed by atoms with Gasteiger partial charge < -0.3 is 15.7 Å². The smallest absolute Gasteiger partial charge is 0.356 e. The van der Waals surface area contributed by atoms with Crippen molar-refractivity contribution in [2.75, 3.05) is 10.6 Å². The second-order valence-corrected chi connectivity index (χ2v) is 5.84. The maximum Gasteiger partial charge on any atom is 0.356 e. The average molecular weight is 326 g/mol. The SMILES string of the molecule is CC(Nc1cnc(C(=O)O)cn1)c1ccc(NC(=O)C2CC2)cc1. The summed E-state index contributed by atoms with van der Waals surface area (Å²) in [5.74, 6) is -0.343. The zero-order valence-electron chi connectivity index (χ0n) is 13.2. The molecule has 1 atom stereocenters. The fourth-order valence-electron chi connectivity index (χ4n) is 2.26. The van der Waals surface area contributed by atoms with E-state index in [4.69, 9.17) is 5.11 Å². The van der Waals surface area contributed by atoms with Gasteiger partial charge in [-0.1, -0.05) is 12.1 Å². The highest BCUT2D eigenvalue weighted by Crippen LogP contribution is 2.30. The highest BCUT2D eigenvalue weighted by atomic mass is 16.4. The quantitative estimate of drug-likeness (QED) is 0.754. The number of carbonyl (C=O) groups is 2. The molecule has 0 saturated heterocycles. The van der Waals surface area contributed by atoms with Crippen molar-refractivity contribution in [1.29, 1.82) is 0 Å². The molecule has 1 amide bonds. The lowest BCUT2D eigenvalue weighted by molar-refractivity contribution is -0.117. The van der Waals surface area contributed by atoms with Crippen molar-refractivity contribution in [3.05, 3.63) is 47.9 Å². The third kappa shape index (κ3) is 3.87. The molecule has 7 heteroatoms. The van der Waals surface area contributed by atoms with E-state index in [2.05, 4.69) is 20.6 Å². The van der Waals surface area contributed by atoms with E-state index >= 15 is 0 Å². The summed E-state index contributed by atoms with van der Waals surface area (Å²) >= 11 is 0. The lowest BCUT2D eigenvalue weighted by Gasteiger charge is -2.15. The van der Waals surface area contributed by atoms with Gasteiger partial charge in [-0.3, -0.25) is 4.79 Å². The molecule has 1 aliphatic carbocycles. The molecule has 0 radical (unpaired) electrons. The van der Waals surface area contributed by atoms with Gasteiger partial charge in [0.2, 0.25) is 5.91 Å². The zero-order valence-corrected chi connectivity index (χ0v) is 13.2. The average Bonchev–Trinajstić information content (AvgIpc) is 3.41. The van der Waals surface area contributed by atoms with Crippen LogP contribution in [0.3, 0.4) is 0 Å². The van der Waals surface area contributed by atoms with Crippen LogP contribution in [-0.4, -0.2) is 27.0 Å². The van der Waals surface area contributed by atoms with Crippen molar-refractivity contribution in [2.24, 2.45) is 5.92 Å². The first-order valence-electron chi connectivity index (χ1n) is 7.75. The Morgan fingerprint density at radius 2 is 1.88 bits per heavy atom. The molecule has 3 N–H and O–H groups in total. The molecule has 1 saturated carbocycles. The summed E-state index contributed by atoms with van der Waals surface area (Å²) in [4.78, 5) is 30.3. The number of aromatic carboxylic acids is 1. The number of benzene rings is 1. The molecule has 3 rings (SSSR count). The summed E-state index contributed by atoms with van der Waals surface area (Å²) < 4.78 is 0. The molecule has 1 aromatic heterocycles. The van der Waals surface area contributed by atoms with Gasteiger partial charge in [-0.05, 0) is 37.5 Å². The van der Waals surface area contributed by atoms with Crippen molar-refractivity contribution in [3.8, 4) is 0 Å². The van der Waals surface area contributed by atoms with E-state index < -0.39 is 5.97 Å². The Balaban J connectivity index is 1.60. The number of anilines is 2. The fraction of sp³-hybridized carbons (Fsp3) is 0.294. The molecule has 1 aromatic carbocycles. The third-order valence-electron chi connectivity index (χ3n) is 3.86. The Morgan fingerprint density at radius 3 is 2.42 bits per heavy atom. The molecule has 0 aliphatic heterocycles. The van der Waals surface area contributed by atoms with Crippen molar-refractivity contribution in [1.82, 2.24) is 9.97 Å². The van der Waals surface area contributed by atoms with E-state index in [0.717, 1.165) is 24.1 Å². The predicted molar refractivity (Wildman–Crippen MR) is 88.8 cm³/mol. The summed E-state index contributed by atoms with van der Waals surface area (Å²) in [6.07, 6.45) is 4.57. The fourth-order valence-corrected chi connectivity index (χ4v) is 2.26. The number of carboxylic acid groups (broad SMARTS) is 1. The first-order chi connectivity index (χ1) is 11.5. The van der Waals surface area contributed by atoms with E-state index in [1.165, 1.54) is 12.4 Å². The number of hydrogen-bond acceptors (Lipinski definition) is 5. The minimum absolute atomic E-state index is 0.0387. The van der Waals surface area contributed by atoms with Crippen LogP contribution in [0.1, 0.15) is 41.9 Å².